The lowest BCUT2D eigenvalue weighted by atomic mass is 10.0. The summed E-state index contributed by atoms with van der Waals surface area (Å²) in [7, 11) is 4.32. The van der Waals surface area contributed by atoms with Crippen LogP contribution in [0.25, 0.3) is 0 Å². The number of unbranched alkanes of at least 4 members (excludes halogenated alkanes) is 18. The highest BCUT2D eigenvalue weighted by atomic mass is 32.2. The molecule has 1 unspecified atom stereocenters. The van der Waals surface area contributed by atoms with Gasteiger partial charge in [-0.2, -0.15) is 0 Å². The fourth-order valence-corrected chi connectivity index (χ4v) is 6.78. The van der Waals surface area contributed by atoms with Gasteiger partial charge in [-0.15, -0.1) is 0 Å². The molecule has 256 valence electrons. The van der Waals surface area contributed by atoms with Gasteiger partial charge in [0.25, 0.3) is 0 Å². The zero-order chi connectivity index (χ0) is 31.6. The van der Waals surface area contributed by atoms with Crippen molar-refractivity contribution in [3.8, 4) is 0 Å². The van der Waals surface area contributed by atoms with Crippen LogP contribution in [0.3, 0.4) is 0 Å². The molecule has 0 spiro atoms. The number of hydrogen-bond donors (Lipinski definition) is 0. The predicted molar refractivity (Wildman–Crippen MR) is 194 cm³/mol. The molecule has 1 atom stereocenters. The summed E-state index contributed by atoms with van der Waals surface area (Å²) in [6, 6.07) is 0.285. The van der Waals surface area contributed by atoms with E-state index in [1.807, 2.05) is 11.9 Å². The first-order chi connectivity index (χ1) is 21.0. The molecule has 0 aromatic rings. The Kier molecular flexibility index (Phi) is 33.9. The van der Waals surface area contributed by atoms with E-state index in [2.05, 4.69) is 56.2 Å². The van der Waals surface area contributed by atoms with Gasteiger partial charge in [0.15, 0.2) is 0 Å². The molecule has 0 aliphatic rings. The molecule has 0 aliphatic heterocycles. The van der Waals surface area contributed by atoms with E-state index in [0.29, 0.717) is 13.0 Å². The zero-order valence-corrected chi connectivity index (χ0v) is 30.7. The van der Waals surface area contributed by atoms with Crippen LogP contribution in [0.4, 0.5) is 0 Å². The third kappa shape index (κ3) is 31.3. The minimum atomic E-state index is 0.00107. The SMILES string of the molecule is CCCCC/C=C\CCCOC(=O)CC(CCCCCCCCC)N(CCCN(C)C)SCCCCCCCCCCC. The molecule has 0 amide bonds. The Morgan fingerprint density at radius 1 is 0.628 bits per heavy atom. The van der Waals surface area contributed by atoms with Crippen LogP contribution >= 0.6 is 11.9 Å². The summed E-state index contributed by atoms with van der Waals surface area (Å²) in [5.74, 6) is 1.17. The highest BCUT2D eigenvalue weighted by molar-refractivity contribution is 7.97. The van der Waals surface area contributed by atoms with E-state index < -0.39 is 0 Å². The van der Waals surface area contributed by atoms with Gasteiger partial charge in [-0.25, -0.2) is 4.31 Å². The first-order valence-electron chi connectivity index (χ1n) is 18.9. The molecule has 0 fully saturated rings. The van der Waals surface area contributed by atoms with Gasteiger partial charge in [-0.3, -0.25) is 4.79 Å². The van der Waals surface area contributed by atoms with E-state index in [-0.39, 0.29) is 12.0 Å². The molecular formula is C38H76N2O2S. The first kappa shape index (κ1) is 42.5. The molecule has 0 bridgehead atoms. The van der Waals surface area contributed by atoms with Crippen molar-refractivity contribution < 1.29 is 9.53 Å². The van der Waals surface area contributed by atoms with E-state index in [0.717, 1.165) is 38.8 Å². The highest BCUT2D eigenvalue weighted by Crippen LogP contribution is 2.25. The lowest BCUT2D eigenvalue weighted by Crippen LogP contribution is -2.34. The van der Waals surface area contributed by atoms with Crippen LogP contribution in [-0.2, 0) is 9.53 Å². The third-order valence-corrected chi connectivity index (χ3v) is 9.64. The molecule has 0 N–H and O–H groups in total. The predicted octanol–water partition coefficient (Wildman–Crippen LogP) is 11.8. The van der Waals surface area contributed by atoms with Crippen LogP contribution in [-0.4, -0.2) is 60.8 Å². The molecule has 4 nitrogen and oxygen atoms in total. The Balaban J connectivity index is 4.81. The van der Waals surface area contributed by atoms with Gasteiger partial charge in [0.1, 0.15) is 0 Å². The molecule has 0 aliphatic carbocycles. The van der Waals surface area contributed by atoms with Gasteiger partial charge in [-0.1, -0.05) is 154 Å². The average Bonchev–Trinajstić information content (AvgIpc) is 2.99. The summed E-state index contributed by atoms with van der Waals surface area (Å²) in [5, 5.41) is 0. The van der Waals surface area contributed by atoms with E-state index in [1.165, 1.54) is 134 Å². The molecule has 0 saturated heterocycles. The molecule has 0 radical (unpaired) electrons. The number of carbonyl (C=O) groups excluding carboxylic acids is 1. The van der Waals surface area contributed by atoms with Crippen molar-refractivity contribution in [3.63, 3.8) is 0 Å². The lowest BCUT2D eigenvalue weighted by molar-refractivity contribution is -0.144. The maximum Gasteiger partial charge on any atom is 0.307 e. The number of rotatable bonds is 34. The van der Waals surface area contributed by atoms with Crippen LogP contribution in [0.5, 0.6) is 0 Å². The molecular weight excluding hydrogens is 548 g/mol. The van der Waals surface area contributed by atoms with Crippen molar-refractivity contribution in [1.82, 2.24) is 9.21 Å². The summed E-state index contributed by atoms with van der Waals surface area (Å²) in [6.45, 7) is 9.52. The van der Waals surface area contributed by atoms with E-state index in [9.17, 15) is 4.79 Å². The lowest BCUT2D eigenvalue weighted by Gasteiger charge is -2.31. The maximum atomic E-state index is 13.0. The van der Waals surface area contributed by atoms with Crippen LogP contribution in [0, 0.1) is 0 Å². The molecule has 43 heavy (non-hydrogen) atoms. The van der Waals surface area contributed by atoms with Crippen molar-refractivity contribution in [3.05, 3.63) is 12.2 Å². The number of allylic oxidation sites excluding steroid dienone is 2. The maximum absolute atomic E-state index is 13.0. The van der Waals surface area contributed by atoms with Crippen LogP contribution in [0.1, 0.15) is 181 Å². The summed E-state index contributed by atoms with van der Waals surface area (Å²) in [6.07, 6.45) is 35.9. The molecule has 0 heterocycles. The molecule has 0 aromatic heterocycles. The fourth-order valence-electron chi connectivity index (χ4n) is 5.56. The van der Waals surface area contributed by atoms with Crippen molar-refractivity contribution in [2.75, 3.05) is 39.5 Å². The largest absolute Gasteiger partial charge is 0.466 e. The minimum absolute atomic E-state index is 0.00107. The molecule has 0 aromatic carbocycles. The second-order valence-corrected chi connectivity index (χ2v) is 14.2. The van der Waals surface area contributed by atoms with E-state index >= 15 is 0 Å². The van der Waals surface area contributed by atoms with Crippen LogP contribution < -0.4 is 0 Å². The van der Waals surface area contributed by atoms with Gasteiger partial charge in [0.2, 0.25) is 0 Å². The van der Waals surface area contributed by atoms with Gasteiger partial charge < -0.3 is 9.64 Å². The van der Waals surface area contributed by atoms with Crippen molar-refractivity contribution >= 4 is 17.9 Å². The summed E-state index contributed by atoms with van der Waals surface area (Å²) in [5.41, 5.74) is 0. The topological polar surface area (TPSA) is 32.8 Å². The standard InChI is InChI=1S/C38H76N2O2S/c1-6-9-12-15-18-20-23-26-29-35-43-40(33-30-32-39(4)5)37(31-27-24-21-17-14-11-8-3)36-38(41)42-34-28-25-22-19-16-13-10-7-2/h19,22,37H,6-18,20-21,23-36H2,1-5H3/b22-19-. The number of carbonyl (C=O) groups is 1. The molecule has 0 saturated carbocycles. The molecule has 5 heteroatoms. The smallest absolute Gasteiger partial charge is 0.307 e. The first-order valence-corrected chi connectivity index (χ1v) is 19.8. The van der Waals surface area contributed by atoms with Gasteiger partial charge in [0, 0.05) is 18.3 Å². The minimum Gasteiger partial charge on any atom is -0.466 e. The fraction of sp³-hybridized carbons (Fsp3) is 0.921. The summed E-state index contributed by atoms with van der Waals surface area (Å²) < 4.78 is 8.36. The Bertz CT molecular complexity index is 598. The number of nitrogens with zero attached hydrogens (tertiary/aromatic N) is 2. The Labute approximate surface area is 275 Å². The monoisotopic (exact) mass is 625 g/mol. The van der Waals surface area contributed by atoms with Crippen molar-refractivity contribution in [2.45, 2.75) is 187 Å². The Hall–Kier alpha value is -0.520. The summed E-state index contributed by atoms with van der Waals surface area (Å²) in [4.78, 5) is 15.3. The van der Waals surface area contributed by atoms with E-state index in [1.54, 1.807) is 0 Å². The normalized spacial score (nSPS) is 12.6. The Morgan fingerprint density at radius 2 is 1.14 bits per heavy atom. The molecule has 0 rings (SSSR count). The van der Waals surface area contributed by atoms with Crippen LogP contribution in [0.2, 0.25) is 0 Å². The van der Waals surface area contributed by atoms with E-state index in [4.69, 9.17) is 4.74 Å². The number of esters is 1. The Morgan fingerprint density at radius 3 is 1.72 bits per heavy atom. The van der Waals surface area contributed by atoms with Crippen LogP contribution in [0.15, 0.2) is 12.2 Å². The third-order valence-electron chi connectivity index (χ3n) is 8.36. The quantitative estimate of drug-likeness (QED) is 0.0308. The van der Waals surface area contributed by atoms with Gasteiger partial charge >= 0.3 is 5.97 Å². The van der Waals surface area contributed by atoms with Gasteiger partial charge in [-0.05, 0) is 65.6 Å². The summed E-state index contributed by atoms with van der Waals surface area (Å²) >= 11 is 2.01. The van der Waals surface area contributed by atoms with Crippen molar-refractivity contribution in [2.24, 2.45) is 0 Å². The second-order valence-electron chi connectivity index (χ2n) is 13.1. The van der Waals surface area contributed by atoms with Crippen molar-refractivity contribution in [1.29, 1.82) is 0 Å². The zero-order valence-electron chi connectivity index (χ0n) is 29.9. The van der Waals surface area contributed by atoms with Gasteiger partial charge in [0.05, 0.1) is 13.0 Å². The number of ether oxygens (including phenoxy) is 1. The average molecular weight is 625 g/mol. The number of hydrogen-bond acceptors (Lipinski definition) is 5. The second kappa shape index (κ2) is 34.4. The highest BCUT2D eigenvalue weighted by Gasteiger charge is 2.23.